The van der Waals surface area contributed by atoms with Crippen LogP contribution < -0.4 is 10.2 Å². The monoisotopic (exact) mass is 332 g/mol. The normalized spacial score (nSPS) is 10.9. The molecule has 0 aromatic heterocycles. The molecule has 126 valence electrons. The van der Waals surface area contributed by atoms with Crippen LogP contribution in [0.1, 0.15) is 18.1 Å². The van der Waals surface area contributed by atoms with E-state index in [0.29, 0.717) is 13.0 Å². The number of amides is 1. The van der Waals surface area contributed by atoms with E-state index in [9.17, 15) is 4.79 Å². The summed E-state index contributed by atoms with van der Waals surface area (Å²) in [7, 11) is 0. The van der Waals surface area contributed by atoms with Gasteiger partial charge < -0.3 is 4.74 Å². The van der Waals surface area contributed by atoms with Crippen molar-refractivity contribution in [2.75, 3.05) is 6.61 Å². The molecule has 0 atom stereocenters. The van der Waals surface area contributed by atoms with Crippen molar-refractivity contribution in [2.45, 2.75) is 13.3 Å². The summed E-state index contributed by atoms with van der Waals surface area (Å²) in [5, 5.41) is 6.26. The van der Waals surface area contributed by atoms with Gasteiger partial charge in [0.25, 0.3) is 0 Å². The molecule has 25 heavy (non-hydrogen) atoms. The molecule has 3 rings (SSSR count). The van der Waals surface area contributed by atoms with E-state index in [4.69, 9.17) is 4.74 Å². The lowest BCUT2D eigenvalue weighted by Gasteiger charge is -2.10. The Labute approximate surface area is 147 Å². The number of ether oxygens (including phenoxy) is 1. The van der Waals surface area contributed by atoms with Crippen LogP contribution in [-0.4, -0.2) is 18.7 Å². The molecule has 0 spiro atoms. The Kier molecular flexibility index (Phi) is 5.42. The quantitative estimate of drug-likeness (QED) is 0.549. The molecule has 0 radical (unpaired) electrons. The number of hydrogen-bond acceptors (Lipinski definition) is 3. The molecule has 3 aromatic carbocycles. The molecule has 0 bridgehead atoms. The number of fused-ring (bicyclic) bond motifs is 1. The maximum Gasteiger partial charge on any atom is 0.244 e. The first kappa shape index (κ1) is 16.7. The molecule has 0 fully saturated rings. The second-order valence-electron chi connectivity index (χ2n) is 5.59. The standard InChI is InChI=1S/C21H20N2O2/c1-2-25-20-13-12-17-10-6-7-11-18(17)19(20)15-22-23-21(24)14-16-8-4-3-5-9-16/h3-13,15H,2,14H2,1H3,(H,23,24)/b22-15+. The lowest BCUT2D eigenvalue weighted by Crippen LogP contribution is -2.19. The van der Waals surface area contributed by atoms with Gasteiger partial charge in [0, 0.05) is 5.56 Å². The highest BCUT2D eigenvalue weighted by molar-refractivity contribution is 6.02. The SMILES string of the molecule is CCOc1ccc2ccccc2c1/C=N/NC(=O)Cc1ccccc1. The van der Waals surface area contributed by atoms with E-state index in [1.807, 2.05) is 73.7 Å². The predicted molar refractivity (Wildman–Crippen MR) is 101 cm³/mol. The van der Waals surface area contributed by atoms with Gasteiger partial charge in [-0.25, -0.2) is 5.43 Å². The van der Waals surface area contributed by atoms with Crippen LogP contribution in [0.25, 0.3) is 10.8 Å². The van der Waals surface area contributed by atoms with Gasteiger partial charge in [0.1, 0.15) is 5.75 Å². The molecule has 3 aromatic rings. The highest BCUT2D eigenvalue weighted by atomic mass is 16.5. The van der Waals surface area contributed by atoms with Crippen LogP contribution in [0, 0.1) is 0 Å². The molecular formula is C21H20N2O2. The van der Waals surface area contributed by atoms with Gasteiger partial charge in [0.15, 0.2) is 0 Å². The second-order valence-corrected chi connectivity index (χ2v) is 5.59. The Bertz CT molecular complexity index is 889. The van der Waals surface area contributed by atoms with E-state index in [1.165, 1.54) is 0 Å². The van der Waals surface area contributed by atoms with Crippen LogP contribution in [-0.2, 0) is 11.2 Å². The molecule has 0 heterocycles. The van der Waals surface area contributed by atoms with Crippen LogP contribution in [0.5, 0.6) is 5.75 Å². The van der Waals surface area contributed by atoms with Gasteiger partial charge in [-0.05, 0) is 29.3 Å². The molecule has 0 saturated heterocycles. The van der Waals surface area contributed by atoms with Gasteiger partial charge in [-0.2, -0.15) is 5.10 Å². The van der Waals surface area contributed by atoms with Crippen LogP contribution in [0.2, 0.25) is 0 Å². The maximum atomic E-state index is 12.0. The third-order valence-corrected chi connectivity index (χ3v) is 3.82. The minimum absolute atomic E-state index is 0.152. The van der Waals surface area contributed by atoms with Gasteiger partial charge in [-0.1, -0.05) is 60.7 Å². The number of hydrazone groups is 1. The minimum atomic E-state index is -0.152. The molecule has 0 saturated carbocycles. The van der Waals surface area contributed by atoms with Gasteiger partial charge in [0.05, 0.1) is 19.2 Å². The van der Waals surface area contributed by atoms with Crippen molar-refractivity contribution < 1.29 is 9.53 Å². The number of benzene rings is 3. The lowest BCUT2D eigenvalue weighted by atomic mass is 10.0. The van der Waals surface area contributed by atoms with Crippen molar-refractivity contribution in [2.24, 2.45) is 5.10 Å². The largest absolute Gasteiger partial charge is 0.493 e. The summed E-state index contributed by atoms with van der Waals surface area (Å²) in [6.07, 6.45) is 1.95. The minimum Gasteiger partial charge on any atom is -0.493 e. The average Bonchev–Trinajstić information content (AvgIpc) is 2.64. The van der Waals surface area contributed by atoms with Crippen LogP contribution in [0.15, 0.2) is 71.8 Å². The Morgan fingerprint density at radius 1 is 1.04 bits per heavy atom. The van der Waals surface area contributed by atoms with E-state index in [2.05, 4.69) is 10.5 Å². The van der Waals surface area contributed by atoms with Crippen LogP contribution in [0.4, 0.5) is 0 Å². The number of nitrogens with zero attached hydrogens (tertiary/aromatic N) is 1. The Morgan fingerprint density at radius 3 is 2.60 bits per heavy atom. The summed E-state index contributed by atoms with van der Waals surface area (Å²) in [6.45, 7) is 2.51. The lowest BCUT2D eigenvalue weighted by molar-refractivity contribution is -0.120. The fourth-order valence-corrected chi connectivity index (χ4v) is 2.68. The Morgan fingerprint density at radius 2 is 1.80 bits per heavy atom. The first-order chi connectivity index (χ1) is 12.3. The van der Waals surface area contributed by atoms with Crippen molar-refractivity contribution in [1.82, 2.24) is 5.43 Å². The molecule has 4 heteroatoms. The molecule has 4 nitrogen and oxygen atoms in total. The predicted octanol–water partition coefficient (Wildman–Crippen LogP) is 3.93. The van der Waals surface area contributed by atoms with E-state index in [-0.39, 0.29) is 5.91 Å². The summed E-state index contributed by atoms with van der Waals surface area (Å²) in [5.41, 5.74) is 4.40. The topological polar surface area (TPSA) is 50.7 Å². The van der Waals surface area contributed by atoms with Crippen molar-refractivity contribution >= 4 is 22.9 Å². The zero-order valence-electron chi connectivity index (χ0n) is 14.1. The van der Waals surface area contributed by atoms with Crippen molar-refractivity contribution in [3.8, 4) is 5.75 Å². The third kappa shape index (κ3) is 4.23. The zero-order chi connectivity index (χ0) is 17.5. The third-order valence-electron chi connectivity index (χ3n) is 3.82. The molecule has 1 amide bonds. The number of carbonyl (C=O) groups excluding carboxylic acids is 1. The van der Waals surface area contributed by atoms with Crippen molar-refractivity contribution in [1.29, 1.82) is 0 Å². The van der Waals surface area contributed by atoms with E-state index in [1.54, 1.807) is 6.21 Å². The molecule has 0 unspecified atom stereocenters. The van der Waals surface area contributed by atoms with Gasteiger partial charge in [0.2, 0.25) is 5.91 Å². The fraction of sp³-hybridized carbons (Fsp3) is 0.143. The smallest absolute Gasteiger partial charge is 0.244 e. The van der Waals surface area contributed by atoms with Gasteiger partial charge in [-0.15, -0.1) is 0 Å². The fourth-order valence-electron chi connectivity index (χ4n) is 2.68. The number of hydrogen-bond donors (Lipinski definition) is 1. The van der Waals surface area contributed by atoms with Crippen molar-refractivity contribution in [3.63, 3.8) is 0 Å². The summed E-state index contributed by atoms with van der Waals surface area (Å²) >= 11 is 0. The van der Waals surface area contributed by atoms with Gasteiger partial charge in [-0.3, -0.25) is 4.79 Å². The van der Waals surface area contributed by atoms with Crippen LogP contribution >= 0.6 is 0 Å². The Balaban J connectivity index is 1.78. The molecule has 0 aliphatic heterocycles. The van der Waals surface area contributed by atoms with E-state index < -0.39 is 0 Å². The molecule has 0 aliphatic rings. The van der Waals surface area contributed by atoms with E-state index >= 15 is 0 Å². The number of carbonyl (C=O) groups is 1. The van der Waals surface area contributed by atoms with Gasteiger partial charge >= 0.3 is 0 Å². The summed E-state index contributed by atoms with van der Waals surface area (Å²) in [5.74, 6) is 0.600. The second kappa shape index (κ2) is 8.11. The summed E-state index contributed by atoms with van der Waals surface area (Å²) in [4.78, 5) is 12.0. The van der Waals surface area contributed by atoms with Crippen molar-refractivity contribution in [3.05, 3.63) is 77.9 Å². The van der Waals surface area contributed by atoms with E-state index in [0.717, 1.165) is 27.6 Å². The first-order valence-electron chi connectivity index (χ1n) is 8.28. The number of nitrogens with one attached hydrogen (secondary N) is 1. The average molecular weight is 332 g/mol. The first-order valence-corrected chi connectivity index (χ1v) is 8.28. The number of rotatable bonds is 6. The highest BCUT2D eigenvalue weighted by Crippen LogP contribution is 2.26. The molecular weight excluding hydrogens is 312 g/mol. The highest BCUT2D eigenvalue weighted by Gasteiger charge is 2.07. The van der Waals surface area contributed by atoms with Crippen LogP contribution in [0.3, 0.4) is 0 Å². The molecule has 1 N–H and O–H groups in total. The Hall–Kier alpha value is -3.14. The maximum absolute atomic E-state index is 12.0. The summed E-state index contributed by atoms with van der Waals surface area (Å²) < 4.78 is 5.69. The zero-order valence-corrected chi connectivity index (χ0v) is 14.1. The summed E-state index contributed by atoms with van der Waals surface area (Å²) in [6, 6.07) is 21.6. The molecule has 0 aliphatic carbocycles.